The average Bonchev–Trinajstić information content (AvgIpc) is 2.80. The van der Waals surface area contributed by atoms with Crippen molar-refractivity contribution in [3.05, 3.63) is 46.5 Å². The molecule has 0 aliphatic heterocycles. The van der Waals surface area contributed by atoms with E-state index >= 15 is 0 Å². The van der Waals surface area contributed by atoms with E-state index in [4.69, 9.17) is 23.1 Å². The lowest BCUT2D eigenvalue weighted by atomic mass is 10.2. The smallest absolute Gasteiger partial charge is 0.171 e. The Morgan fingerprint density at radius 3 is 2.83 bits per heavy atom. The van der Waals surface area contributed by atoms with Gasteiger partial charge in [-0.2, -0.15) is 0 Å². The van der Waals surface area contributed by atoms with E-state index in [2.05, 4.69) is 10.1 Å². The minimum absolute atomic E-state index is 0.0676. The SMILES string of the molecule is Cc1cc(CCN)n2nc(N)c(Sc3ccc(F)c(Cl)c3)c2n1. The van der Waals surface area contributed by atoms with Gasteiger partial charge in [-0.05, 0) is 37.7 Å². The highest BCUT2D eigenvalue weighted by molar-refractivity contribution is 7.99. The zero-order valence-electron chi connectivity index (χ0n) is 12.4. The molecule has 120 valence electrons. The number of hydrogen-bond donors (Lipinski definition) is 2. The predicted molar refractivity (Wildman–Crippen MR) is 90.4 cm³/mol. The number of aryl methyl sites for hydroxylation is 1. The van der Waals surface area contributed by atoms with E-state index in [1.807, 2.05) is 13.0 Å². The summed E-state index contributed by atoms with van der Waals surface area (Å²) in [5.74, 6) is -0.0881. The lowest BCUT2D eigenvalue weighted by Gasteiger charge is -2.05. The zero-order valence-corrected chi connectivity index (χ0v) is 14.0. The highest BCUT2D eigenvalue weighted by atomic mass is 35.5. The van der Waals surface area contributed by atoms with E-state index in [0.29, 0.717) is 24.4 Å². The molecule has 0 unspecified atom stereocenters. The molecule has 0 saturated heterocycles. The van der Waals surface area contributed by atoms with E-state index in [1.54, 1.807) is 16.6 Å². The average molecular weight is 352 g/mol. The fourth-order valence-corrected chi connectivity index (χ4v) is 3.46. The number of benzene rings is 1. The van der Waals surface area contributed by atoms with Gasteiger partial charge in [-0.25, -0.2) is 13.9 Å². The minimum atomic E-state index is -0.456. The molecule has 23 heavy (non-hydrogen) atoms. The van der Waals surface area contributed by atoms with Crippen molar-refractivity contribution in [2.75, 3.05) is 12.3 Å². The number of nitrogens with two attached hydrogens (primary N) is 2. The Morgan fingerprint density at radius 2 is 2.13 bits per heavy atom. The number of nitrogens with zero attached hydrogens (tertiary/aromatic N) is 3. The van der Waals surface area contributed by atoms with Crippen LogP contribution < -0.4 is 11.5 Å². The summed E-state index contributed by atoms with van der Waals surface area (Å²) in [5, 5.41) is 4.43. The topological polar surface area (TPSA) is 82.2 Å². The molecule has 4 N–H and O–H groups in total. The summed E-state index contributed by atoms with van der Waals surface area (Å²) in [6.07, 6.45) is 0.674. The number of halogens is 2. The van der Waals surface area contributed by atoms with Crippen molar-refractivity contribution in [1.29, 1.82) is 0 Å². The molecule has 0 atom stereocenters. The van der Waals surface area contributed by atoms with Crippen molar-refractivity contribution in [2.24, 2.45) is 5.73 Å². The first-order valence-electron chi connectivity index (χ1n) is 6.97. The fraction of sp³-hybridized carbons (Fsp3) is 0.200. The van der Waals surface area contributed by atoms with Crippen molar-refractivity contribution >= 4 is 34.8 Å². The molecule has 0 radical (unpaired) electrons. The first kappa shape index (κ1) is 16.0. The predicted octanol–water partition coefficient (Wildman–Crippen LogP) is 3.06. The van der Waals surface area contributed by atoms with Gasteiger partial charge in [-0.3, -0.25) is 0 Å². The highest BCUT2D eigenvalue weighted by Gasteiger charge is 2.16. The Kier molecular flexibility index (Phi) is 4.43. The Hall–Kier alpha value is -1.83. The van der Waals surface area contributed by atoms with Crippen LogP contribution in [-0.2, 0) is 6.42 Å². The standard InChI is InChI=1S/C15H15ClFN5S/c1-8-6-9(4-5-18)22-15(20-8)13(14(19)21-22)23-10-2-3-12(17)11(16)7-10/h2-3,6-7H,4-5,18H2,1H3,(H2,19,21). The third-order valence-corrected chi connectivity index (χ3v) is 4.66. The Labute approximate surface area is 141 Å². The summed E-state index contributed by atoms with van der Waals surface area (Å²) < 4.78 is 15.0. The van der Waals surface area contributed by atoms with E-state index in [-0.39, 0.29) is 5.02 Å². The summed E-state index contributed by atoms with van der Waals surface area (Å²) in [7, 11) is 0. The molecule has 0 saturated carbocycles. The fourth-order valence-electron chi connectivity index (χ4n) is 2.29. The maximum Gasteiger partial charge on any atom is 0.171 e. The lowest BCUT2D eigenvalue weighted by Crippen LogP contribution is -2.09. The van der Waals surface area contributed by atoms with Crippen molar-refractivity contribution in [2.45, 2.75) is 23.1 Å². The van der Waals surface area contributed by atoms with Gasteiger partial charge in [-0.15, -0.1) is 5.10 Å². The van der Waals surface area contributed by atoms with E-state index in [9.17, 15) is 4.39 Å². The molecule has 1 aromatic carbocycles. The van der Waals surface area contributed by atoms with Crippen LogP contribution in [0.15, 0.2) is 34.1 Å². The lowest BCUT2D eigenvalue weighted by molar-refractivity contribution is 0.627. The maximum atomic E-state index is 13.3. The Balaban J connectivity index is 2.10. The Morgan fingerprint density at radius 1 is 1.35 bits per heavy atom. The van der Waals surface area contributed by atoms with Crippen LogP contribution in [0.1, 0.15) is 11.4 Å². The van der Waals surface area contributed by atoms with Crippen LogP contribution in [0.5, 0.6) is 0 Å². The van der Waals surface area contributed by atoms with Gasteiger partial charge >= 0.3 is 0 Å². The van der Waals surface area contributed by atoms with E-state index in [0.717, 1.165) is 21.2 Å². The summed E-state index contributed by atoms with van der Waals surface area (Å²) in [6, 6.07) is 6.47. The van der Waals surface area contributed by atoms with Gasteiger partial charge in [0.2, 0.25) is 0 Å². The molecule has 8 heteroatoms. The van der Waals surface area contributed by atoms with Crippen molar-refractivity contribution in [3.8, 4) is 0 Å². The van der Waals surface area contributed by atoms with Gasteiger partial charge in [0.1, 0.15) is 10.7 Å². The van der Waals surface area contributed by atoms with Crippen LogP contribution in [0.4, 0.5) is 10.2 Å². The molecule has 0 bridgehead atoms. The van der Waals surface area contributed by atoms with Crippen LogP contribution >= 0.6 is 23.4 Å². The molecule has 5 nitrogen and oxygen atoms in total. The summed E-state index contributed by atoms with van der Waals surface area (Å²) in [4.78, 5) is 6.01. The summed E-state index contributed by atoms with van der Waals surface area (Å²) in [6.45, 7) is 2.42. The monoisotopic (exact) mass is 351 g/mol. The first-order chi connectivity index (χ1) is 11.0. The van der Waals surface area contributed by atoms with Crippen molar-refractivity contribution in [1.82, 2.24) is 14.6 Å². The van der Waals surface area contributed by atoms with Gasteiger partial charge in [-0.1, -0.05) is 23.4 Å². The van der Waals surface area contributed by atoms with Crippen LogP contribution in [0.25, 0.3) is 5.65 Å². The van der Waals surface area contributed by atoms with Crippen LogP contribution in [0, 0.1) is 12.7 Å². The van der Waals surface area contributed by atoms with Crippen LogP contribution in [-0.4, -0.2) is 21.1 Å². The molecule has 0 amide bonds. The second-order valence-corrected chi connectivity index (χ2v) is 6.55. The number of hydrogen-bond acceptors (Lipinski definition) is 5. The molecule has 0 aliphatic rings. The molecule has 2 aromatic heterocycles. The molecule has 3 rings (SSSR count). The molecular formula is C15H15ClFN5S. The van der Waals surface area contributed by atoms with E-state index < -0.39 is 5.82 Å². The number of anilines is 1. The van der Waals surface area contributed by atoms with Crippen molar-refractivity contribution < 1.29 is 4.39 Å². The minimum Gasteiger partial charge on any atom is -0.381 e. The van der Waals surface area contributed by atoms with Crippen LogP contribution in [0.2, 0.25) is 5.02 Å². The van der Waals surface area contributed by atoms with Crippen LogP contribution in [0.3, 0.4) is 0 Å². The molecule has 3 aromatic rings. The maximum absolute atomic E-state index is 13.3. The first-order valence-corrected chi connectivity index (χ1v) is 8.16. The third kappa shape index (κ3) is 3.12. The zero-order chi connectivity index (χ0) is 16.6. The second-order valence-electron chi connectivity index (χ2n) is 5.06. The van der Waals surface area contributed by atoms with Crippen molar-refractivity contribution in [3.63, 3.8) is 0 Å². The normalized spacial score (nSPS) is 11.3. The summed E-state index contributed by atoms with van der Waals surface area (Å²) in [5.41, 5.74) is 14.2. The largest absolute Gasteiger partial charge is 0.381 e. The number of fused-ring (bicyclic) bond motifs is 1. The third-order valence-electron chi connectivity index (χ3n) is 3.29. The molecule has 0 fully saturated rings. The number of aromatic nitrogens is 3. The van der Waals surface area contributed by atoms with Gasteiger partial charge in [0.25, 0.3) is 0 Å². The molecule has 0 spiro atoms. The quantitative estimate of drug-likeness (QED) is 0.754. The molecule has 2 heterocycles. The van der Waals surface area contributed by atoms with Gasteiger partial charge in [0.05, 0.1) is 5.02 Å². The number of nitrogen functional groups attached to an aromatic ring is 1. The van der Waals surface area contributed by atoms with E-state index in [1.165, 1.54) is 17.8 Å². The summed E-state index contributed by atoms with van der Waals surface area (Å²) >= 11 is 7.19. The van der Waals surface area contributed by atoms with Gasteiger partial charge < -0.3 is 11.5 Å². The van der Waals surface area contributed by atoms with Gasteiger partial charge in [0, 0.05) is 22.7 Å². The molecular weight excluding hydrogens is 337 g/mol. The Bertz CT molecular complexity index is 880. The number of rotatable bonds is 4. The van der Waals surface area contributed by atoms with Gasteiger partial charge in [0.15, 0.2) is 11.5 Å². The molecule has 0 aliphatic carbocycles. The highest BCUT2D eigenvalue weighted by Crippen LogP contribution is 2.36. The second kappa shape index (κ2) is 6.35.